The molecule has 0 bridgehead atoms. The summed E-state index contributed by atoms with van der Waals surface area (Å²) >= 11 is 0. The number of ether oxygens (including phenoxy) is 1. The van der Waals surface area contributed by atoms with Crippen molar-refractivity contribution in [3.8, 4) is 0 Å². The summed E-state index contributed by atoms with van der Waals surface area (Å²) in [4.78, 5) is 22.3. The van der Waals surface area contributed by atoms with Crippen molar-refractivity contribution in [3.05, 3.63) is 0 Å². The van der Waals surface area contributed by atoms with Gasteiger partial charge in [-0.05, 0) is 32.6 Å². The molecule has 0 aromatic carbocycles. The second-order valence-corrected chi connectivity index (χ2v) is 6.07. The maximum absolute atomic E-state index is 11.9. The Morgan fingerprint density at radius 1 is 1.33 bits per heavy atom. The molecule has 0 aromatic heterocycles. The van der Waals surface area contributed by atoms with E-state index in [0.29, 0.717) is 13.0 Å². The minimum atomic E-state index is -0.833. The molecule has 2 aliphatic rings. The monoisotopic (exact) mass is 298 g/mol. The van der Waals surface area contributed by atoms with Crippen molar-refractivity contribution >= 4 is 12.0 Å². The van der Waals surface area contributed by atoms with Crippen molar-refractivity contribution in [2.75, 3.05) is 13.2 Å². The van der Waals surface area contributed by atoms with Crippen molar-refractivity contribution in [2.45, 2.75) is 64.0 Å². The third-order valence-electron chi connectivity index (χ3n) is 4.85. The number of hydrogen-bond acceptors (Lipinski definition) is 3. The van der Waals surface area contributed by atoms with Gasteiger partial charge in [-0.15, -0.1) is 0 Å². The highest BCUT2D eigenvalue weighted by Crippen LogP contribution is 2.54. The summed E-state index contributed by atoms with van der Waals surface area (Å²) in [7, 11) is 0. The number of nitrogens with one attached hydrogen (secondary N) is 2. The minimum absolute atomic E-state index is 0.0834. The third-order valence-corrected chi connectivity index (χ3v) is 4.85. The zero-order valence-corrected chi connectivity index (χ0v) is 12.7. The van der Waals surface area contributed by atoms with Crippen LogP contribution in [0.2, 0.25) is 0 Å². The zero-order valence-electron chi connectivity index (χ0n) is 12.7. The predicted octanol–water partition coefficient (Wildman–Crippen LogP) is 1.89. The van der Waals surface area contributed by atoms with Gasteiger partial charge in [-0.2, -0.15) is 0 Å². The second-order valence-electron chi connectivity index (χ2n) is 6.07. The SMILES string of the molecule is CCOC1CC(NC(=O)NCCCC(=O)O)C12CCCC2. The van der Waals surface area contributed by atoms with Crippen LogP contribution in [0.3, 0.4) is 0 Å². The fraction of sp³-hybridized carbons (Fsp3) is 0.867. The molecule has 2 saturated carbocycles. The number of carbonyl (C=O) groups excluding carboxylic acids is 1. The average Bonchev–Trinajstić information content (AvgIpc) is 2.95. The molecule has 6 heteroatoms. The number of urea groups is 1. The summed E-state index contributed by atoms with van der Waals surface area (Å²) < 4.78 is 5.82. The fourth-order valence-electron chi connectivity index (χ4n) is 3.74. The van der Waals surface area contributed by atoms with Crippen LogP contribution in [0.5, 0.6) is 0 Å². The largest absolute Gasteiger partial charge is 0.481 e. The molecular weight excluding hydrogens is 272 g/mol. The van der Waals surface area contributed by atoms with Gasteiger partial charge in [0.25, 0.3) is 0 Å². The third kappa shape index (κ3) is 3.67. The van der Waals surface area contributed by atoms with Crippen LogP contribution in [-0.2, 0) is 9.53 Å². The van der Waals surface area contributed by atoms with Crippen LogP contribution in [-0.4, -0.2) is 42.4 Å². The summed E-state index contributed by atoms with van der Waals surface area (Å²) in [5.74, 6) is -0.833. The molecule has 0 heterocycles. The van der Waals surface area contributed by atoms with Crippen molar-refractivity contribution in [3.63, 3.8) is 0 Å². The van der Waals surface area contributed by atoms with Gasteiger partial charge in [0.2, 0.25) is 0 Å². The summed E-state index contributed by atoms with van der Waals surface area (Å²) in [6.45, 7) is 3.13. The zero-order chi connectivity index (χ0) is 15.3. The Kier molecular flexibility index (Phi) is 5.45. The van der Waals surface area contributed by atoms with Crippen LogP contribution < -0.4 is 10.6 Å². The lowest BCUT2D eigenvalue weighted by Crippen LogP contribution is -2.64. The van der Waals surface area contributed by atoms with E-state index in [2.05, 4.69) is 10.6 Å². The van der Waals surface area contributed by atoms with Gasteiger partial charge in [0, 0.05) is 31.0 Å². The van der Waals surface area contributed by atoms with E-state index in [-0.39, 0.29) is 30.0 Å². The van der Waals surface area contributed by atoms with E-state index in [0.717, 1.165) is 25.9 Å². The molecule has 3 N–H and O–H groups in total. The van der Waals surface area contributed by atoms with Gasteiger partial charge in [-0.3, -0.25) is 4.79 Å². The van der Waals surface area contributed by atoms with Crippen LogP contribution in [0.1, 0.15) is 51.9 Å². The minimum Gasteiger partial charge on any atom is -0.481 e. The van der Waals surface area contributed by atoms with Gasteiger partial charge in [0.15, 0.2) is 0 Å². The Labute approximate surface area is 125 Å². The Bertz CT molecular complexity index is 380. The molecule has 0 aromatic rings. The number of carbonyl (C=O) groups is 2. The van der Waals surface area contributed by atoms with Gasteiger partial charge in [-0.1, -0.05) is 12.8 Å². The maximum Gasteiger partial charge on any atom is 0.315 e. The Morgan fingerprint density at radius 2 is 2.05 bits per heavy atom. The highest BCUT2D eigenvalue weighted by atomic mass is 16.5. The molecule has 2 amide bonds. The van der Waals surface area contributed by atoms with E-state index in [1.54, 1.807) is 0 Å². The summed E-state index contributed by atoms with van der Waals surface area (Å²) in [6.07, 6.45) is 6.38. The van der Waals surface area contributed by atoms with E-state index in [4.69, 9.17) is 9.84 Å². The van der Waals surface area contributed by atoms with Crippen molar-refractivity contribution in [1.82, 2.24) is 10.6 Å². The van der Waals surface area contributed by atoms with Crippen LogP contribution >= 0.6 is 0 Å². The summed E-state index contributed by atoms with van der Waals surface area (Å²) in [6, 6.07) is 0.00244. The van der Waals surface area contributed by atoms with Crippen LogP contribution in [0.25, 0.3) is 0 Å². The highest BCUT2D eigenvalue weighted by Gasteiger charge is 2.57. The van der Waals surface area contributed by atoms with Gasteiger partial charge in [0.05, 0.1) is 6.10 Å². The first-order chi connectivity index (χ1) is 10.1. The predicted molar refractivity (Wildman–Crippen MR) is 78.1 cm³/mol. The number of amides is 2. The van der Waals surface area contributed by atoms with Gasteiger partial charge < -0.3 is 20.5 Å². The normalized spacial score (nSPS) is 26.3. The Balaban J connectivity index is 1.75. The van der Waals surface area contributed by atoms with E-state index in [1.165, 1.54) is 12.8 Å². The quantitative estimate of drug-likeness (QED) is 0.626. The van der Waals surface area contributed by atoms with Crippen molar-refractivity contribution in [2.24, 2.45) is 5.41 Å². The lowest BCUT2D eigenvalue weighted by molar-refractivity contribution is -0.137. The van der Waals surface area contributed by atoms with Crippen LogP contribution in [0.15, 0.2) is 0 Å². The van der Waals surface area contributed by atoms with Crippen LogP contribution in [0.4, 0.5) is 4.79 Å². The average molecular weight is 298 g/mol. The first-order valence-electron chi connectivity index (χ1n) is 7.96. The number of carboxylic acid groups (broad SMARTS) is 1. The fourth-order valence-corrected chi connectivity index (χ4v) is 3.74. The number of rotatable bonds is 7. The van der Waals surface area contributed by atoms with Crippen molar-refractivity contribution in [1.29, 1.82) is 0 Å². The molecule has 2 atom stereocenters. The van der Waals surface area contributed by atoms with E-state index in [9.17, 15) is 9.59 Å². The van der Waals surface area contributed by atoms with E-state index < -0.39 is 5.97 Å². The molecular formula is C15H26N2O4. The molecule has 0 radical (unpaired) electrons. The molecule has 2 aliphatic carbocycles. The highest BCUT2D eigenvalue weighted by molar-refractivity contribution is 5.74. The van der Waals surface area contributed by atoms with Crippen LogP contribution in [0, 0.1) is 5.41 Å². The van der Waals surface area contributed by atoms with Gasteiger partial charge >= 0.3 is 12.0 Å². The molecule has 0 aliphatic heterocycles. The molecule has 2 unspecified atom stereocenters. The molecule has 6 nitrogen and oxygen atoms in total. The number of hydrogen-bond donors (Lipinski definition) is 3. The first-order valence-corrected chi connectivity index (χ1v) is 7.96. The smallest absolute Gasteiger partial charge is 0.315 e. The maximum atomic E-state index is 11.9. The molecule has 2 rings (SSSR count). The second kappa shape index (κ2) is 7.11. The topological polar surface area (TPSA) is 87.7 Å². The molecule has 0 saturated heterocycles. The summed E-state index contributed by atoms with van der Waals surface area (Å²) in [5.41, 5.74) is 0.133. The molecule has 21 heavy (non-hydrogen) atoms. The number of aliphatic carboxylic acids is 1. The van der Waals surface area contributed by atoms with E-state index >= 15 is 0 Å². The van der Waals surface area contributed by atoms with Gasteiger partial charge in [-0.25, -0.2) is 4.79 Å². The Hall–Kier alpha value is -1.30. The van der Waals surface area contributed by atoms with E-state index in [1.807, 2.05) is 6.92 Å². The summed E-state index contributed by atoms with van der Waals surface area (Å²) in [5, 5.41) is 14.3. The molecule has 2 fully saturated rings. The lowest BCUT2D eigenvalue weighted by Gasteiger charge is -2.53. The van der Waals surface area contributed by atoms with Crippen molar-refractivity contribution < 1.29 is 19.4 Å². The molecule has 120 valence electrons. The van der Waals surface area contributed by atoms with Gasteiger partial charge in [0.1, 0.15) is 0 Å². The Morgan fingerprint density at radius 3 is 2.67 bits per heavy atom. The standard InChI is InChI=1S/C15H26N2O4/c1-2-21-12-10-11(15(12)7-3-4-8-15)17-14(20)16-9-5-6-13(18)19/h11-12H,2-10H2,1H3,(H,18,19)(H2,16,17,20). The lowest BCUT2D eigenvalue weighted by atomic mass is 9.60. The number of carboxylic acids is 1. The first kappa shape index (κ1) is 16.1. The molecule has 1 spiro atoms.